The zero-order valence-corrected chi connectivity index (χ0v) is 18.9. The summed E-state index contributed by atoms with van der Waals surface area (Å²) >= 11 is 0. The number of rotatable bonds is 10. The second-order valence-corrected chi connectivity index (χ2v) is 8.24. The molecule has 0 aromatic heterocycles. The molecule has 1 heterocycles. The highest BCUT2D eigenvalue weighted by molar-refractivity contribution is 5.54. The third-order valence-corrected chi connectivity index (χ3v) is 5.45. The fourth-order valence-corrected chi connectivity index (χ4v) is 3.75. The van der Waals surface area contributed by atoms with E-state index in [0.717, 1.165) is 35.6 Å². The molecule has 0 saturated carbocycles. The molecule has 31 heavy (non-hydrogen) atoms. The smallest absolute Gasteiger partial charge is 0.132 e. The molecule has 5 nitrogen and oxygen atoms in total. The van der Waals surface area contributed by atoms with Crippen LogP contribution in [0.15, 0.2) is 42.5 Å². The highest BCUT2D eigenvalue weighted by atomic mass is 16.6. The van der Waals surface area contributed by atoms with Gasteiger partial charge in [-0.15, -0.1) is 6.42 Å². The van der Waals surface area contributed by atoms with E-state index in [9.17, 15) is 0 Å². The maximum Gasteiger partial charge on any atom is 0.132 e. The summed E-state index contributed by atoms with van der Waals surface area (Å²) in [6.45, 7) is 7.77. The van der Waals surface area contributed by atoms with E-state index in [1.54, 1.807) is 7.11 Å². The van der Waals surface area contributed by atoms with Gasteiger partial charge in [0, 0.05) is 24.4 Å². The average Bonchev–Trinajstić information content (AvgIpc) is 2.77. The number of unbranched alkanes of at least 4 members (excludes halogenated alkanes) is 1. The molecule has 0 fully saturated rings. The van der Waals surface area contributed by atoms with Crippen LogP contribution in [0.2, 0.25) is 0 Å². The van der Waals surface area contributed by atoms with Crippen molar-refractivity contribution < 1.29 is 18.9 Å². The Hall–Kier alpha value is -2.68. The maximum absolute atomic E-state index is 6.32. The zero-order valence-electron chi connectivity index (χ0n) is 18.9. The number of fused-ring (bicyclic) bond motifs is 1. The van der Waals surface area contributed by atoms with Crippen LogP contribution in [0.1, 0.15) is 50.8 Å². The third kappa shape index (κ3) is 5.72. The molecule has 2 unspecified atom stereocenters. The van der Waals surface area contributed by atoms with Crippen molar-refractivity contribution in [3.05, 3.63) is 53.6 Å². The monoisotopic (exact) mass is 423 g/mol. The van der Waals surface area contributed by atoms with E-state index >= 15 is 0 Å². The molecule has 0 radical (unpaired) electrons. The fourth-order valence-electron chi connectivity index (χ4n) is 3.75. The predicted molar refractivity (Wildman–Crippen MR) is 124 cm³/mol. The molecule has 0 aliphatic carbocycles. The lowest BCUT2D eigenvalue weighted by Gasteiger charge is -2.44. The lowest BCUT2D eigenvalue weighted by atomic mass is 9.87. The van der Waals surface area contributed by atoms with Gasteiger partial charge >= 0.3 is 0 Å². The molecule has 0 saturated heterocycles. The SMILES string of the molecule is C#CCOC1C(OCCCC)c2cc(NCc3ccc(OC)cc3)ccc2OC1(C)C. The molecule has 5 heteroatoms. The lowest BCUT2D eigenvalue weighted by molar-refractivity contribution is -0.156. The number of nitrogens with one attached hydrogen (secondary N) is 1. The number of anilines is 1. The molecule has 166 valence electrons. The van der Waals surface area contributed by atoms with E-state index in [0.29, 0.717) is 13.2 Å². The van der Waals surface area contributed by atoms with Crippen LogP contribution in [-0.2, 0) is 16.0 Å². The quantitative estimate of drug-likeness (QED) is 0.412. The Kier molecular flexibility index (Phi) is 7.84. The van der Waals surface area contributed by atoms with Crippen molar-refractivity contribution in [2.75, 3.05) is 25.6 Å². The Morgan fingerprint density at radius 2 is 1.90 bits per heavy atom. The van der Waals surface area contributed by atoms with Crippen LogP contribution in [0, 0.1) is 12.3 Å². The van der Waals surface area contributed by atoms with Gasteiger partial charge in [0.1, 0.15) is 35.9 Å². The Bertz CT molecular complexity index is 885. The minimum atomic E-state index is -0.557. The van der Waals surface area contributed by atoms with E-state index in [1.807, 2.05) is 38.1 Å². The largest absolute Gasteiger partial charge is 0.497 e. The van der Waals surface area contributed by atoms with Crippen molar-refractivity contribution in [2.24, 2.45) is 0 Å². The molecular weight excluding hydrogens is 390 g/mol. The molecule has 3 rings (SSSR count). The standard InChI is InChI=1S/C26H33NO4/c1-6-8-16-29-24-22-17-20(27-18-19-9-12-21(28-5)13-10-19)11-14-23(22)31-26(3,4)25(24)30-15-7-2/h2,9-14,17,24-25,27H,6,8,15-16,18H2,1,3-5H3. The van der Waals surface area contributed by atoms with Gasteiger partial charge in [0.05, 0.1) is 7.11 Å². The topological polar surface area (TPSA) is 49.0 Å². The number of ether oxygens (including phenoxy) is 4. The van der Waals surface area contributed by atoms with E-state index in [2.05, 4.69) is 36.4 Å². The van der Waals surface area contributed by atoms with Gasteiger partial charge in [-0.25, -0.2) is 0 Å². The zero-order chi connectivity index (χ0) is 22.3. The predicted octanol–water partition coefficient (Wildman–Crippen LogP) is 5.35. The summed E-state index contributed by atoms with van der Waals surface area (Å²) in [5.41, 5.74) is 2.59. The van der Waals surface area contributed by atoms with Crippen LogP contribution >= 0.6 is 0 Å². The first-order valence-corrected chi connectivity index (χ1v) is 10.8. The Labute approximate surface area is 186 Å². The third-order valence-electron chi connectivity index (χ3n) is 5.45. The summed E-state index contributed by atoms with van der Waals surface area (Å²) in [6, 6.07) is 14.2. The molecule has 1 aliphatic rings. The van der Waals surface area contributed by atoms with Crippen LogP contribution in [0.5, 0.6) is 11.5 Å². The molecule has 1 N–H and O–H groups in total. The maximum atomic E-state index is 6.32. The number of terminal acetylenes is 1. The first kappa shape index (κ1) is 23.0. The Morgan fingerprint density at radius 1 is 1.13 bits per heavy atom. The van der Waals surface area contributed by atoms with Crippen LogP contribution in [0.4, 0.5) is 5.69 Å². The van der Waals surface area contributed by atoms with E-state index in [-0.39, 0.29) is 18.8 Å². The molecule has 2 atom stereocenters. The molecule has 0 bridgehead atoms. The van der Waals surface area contributed by atoms with Crippen molar-refractivity contribution in [2.45, 2.75) is 58.0 Å². The first-order valence-electron chi connectivity index (χ1n) is 10.8. The van der Waals surface area contributed by atoms with Gasteiger partial charge in [-0.1, -0.05) is 31.4 Å². The highest BCUT2D eigenvalue weighted by Gasteiger charge is 2.45. The van der Waals surface area contributed by atoms with Gasteiger partial charge in [0.2, 0.25) is 0 Å². The summed E-state index contributed by atoms with van der Waals surface area (Å²) in [5.74, 6) is 4.24. The lowest BCUT2D eigenvalue weighted by Crippen LogP contribution is -2.51. The van der Waals surface area contributed by atoms with E-state index < -0.39 is 5.60 Å². The van der Waals surface area contributed by atoms with Gasteiger partial charge in [-0.3, -0.25) is 0 Å². The minimum absolute atomic E-state index is 0.218. The van der Waals surface area contributed by atoms with Crippen molar-refractivity contribution in [1.82, 2.24) is 0 Å². The fraction of sp³-hybridized carbons (Fsp3) is 0.462. The second-order valence-electron chi connectivity index (χ2n) is 8.24. The van der Waals surface area contributed by atoms with Crippen molar-refractivity contribution >= 4 is 5.69 Å². The molecule has 1 aliphatic heterocycles. The molecule has 2 aromatic rings. The molecule has 2 aromatic carbocycles. The summed E-state index contributed by atoms with van der Waals surface area (Å²) < 4.78 is 23.9. The van der Waals surface area contributed by atoms with Gasteiger partial charge in [-0.2, -0.15) is 0 Å². The van der Waals surface area contributed by atoms with Gasteiger partial charge in [0.15, 0.2) is 0 Å². The van der Waals surface area contributed by atoms with Gasteiger partial charge in [0.25, 0.3) is 0 Å². The number of hydrogen-bond donors (Lipinski definition) is 1. The van der Waals surface area contributed by atoms with Crippen molar-refractivity contribution in [3.63, 3.8) is 0 Å². The van der Waals surface area contributed by atoms with E-state index in [4.69, 9.17) is 25.4 Å². The van der Waals surface area contributed by atoms with Crippen LogP contribution in [0.25, 0.3) is 0 Å². The van der Waals surface area contributed by atoms with Crippen molar-refractivity contribution in [3.8, 4) is 23.8 Å². The number of methoxy groups -OCH3 is 1. The Balaban J connectivity index is 1.82. The summed E-state index contributed by atoms with van der Waals surface area (Å²) in [7, 11) is 1.67. The van der Waals surface area contributed by atoms with Crippen LogP contribution in [0.3, 0.4) is 0 Å². The van der Waals surface area contributed by atoms with Crippen LogP contribution in [-0.4, -0.2) is 32.0 Å². The first-order chi connectivity index (χ1) is 15.0. The minimum Gasteiger partial charge on any atom is -0.497 e. The number of hydrogen-bond acceptors (Lipinski definition) is 5. The van der Waals surface area contributed by atoms with Gasteiger partial charge in [-0.05, 0) is 56.2 Å². The van der Waals surface area contributed by atoms with Crippen molar-refractivity contribution in [1.29, 1.82) is 0 Å². The van der Waals surface area contributed by atoms with E-state index in [1.165, 1.54) is 5.56 Å². The number of benzene rings is 2. The molecule has 0 amide bonds. The second kappa shape index (κ2) is 10.6. The highest BCUT2D eigenvalue weighted by Crippen LogP contribution is 2.44. The average molecular weight is 424 g/mol. The summed E-state index contributed by atoms with van der Waals surface area (Å²) in [4.78, 5) is 0. The van der Waals surface area contributed by atoms with Gasteiger partial charge < -0.3 is 24.3 Å². The molecular formula is C26H33NO4. The summed E-state index contributed by atoms with van der Waals surface area (Å²) in [5, 5.41) is 3.49. The van der Waals surface area contributed by atoms with Crippen LogP contribution < -0.4 is 14.8 Å². The molecule has 0 spiro atoms. The summed E-state index contributed by atoms with van der Waals surface area (Å²) in [6.07, 6.45) is 6.97. The normalized spacial score (nSPS) is 19.1. The Morgan fingerprint density at radius 3 is 2.58 bits per heavy atom.